The van der Waals surface area contributed by atoms with Gasteiger partial charge in [-0.1, -0.05) is 11.6 Å². The summed E-state index contributed by atoms with van der Waals surface area (Å²) in [5.74, 6) is 0.701. The summed E-state index contributed by atoms with van der Waals surface area (Å²) in [6.45, 7) is 5.56. The molecule has 148 valence electrons. The lowest BCUT2D eigenvalue weighted by molar-refractivity contribution is 0.123. The summed E-state index contributed by atoms with van der Waals surface area (Å²) >= 11 is 6.18. The second-order valence-electron chi connectivity index (χ2n) is 6.71. The normalized spacial score (nSPS) is 17.5. The Balaban J connectivity index is 1.41. The molecule has 0 atom stereocenters. The third-order valence-electron chi connectivity index (χ3n) is 4.95. The van der Waals surface area contributed by atoms with Crippen LogP contribution in [0.4, 0.5) is 22.1 Å². The number of aromatic nitrogens is 2. The molecule has 0 aliphatic carbocycles. The van der Waals surface area contributed by atoms with Gasteiger partial charge in [0.05, 0.1) is 24.6 Å². The van der Waals surface area contributed by atoms with E-state index in [4.69, 9.17) is 16.3 Å². The molecule has 0 radical (unpaired) electrons. The van der Waals surface area contributed by atoms with Crippen molar-refractivity contribution in [1.82, 2.24) is 14.9 Å². The Bertz CT molecular complexity index is 807. The number of hydrogen-bond donors (Lipinski definition) is 1. The largest absolute Gasteiger partial charge is 0.378 e. The van der Waals surface area contributed by atoms with E-state index in [0.717, 1.165) is 24.5 Å². The van der Waals surface area contributed by atoms with Crippen LogP contribution in [-0.2, 0) is 4.74 Å². The first-order chi connectivity index (χ1) is 13.7. The van der Waals surface area contributed by atoms with Crippen molar-refractivity contribution in [2.45, 2.75) is 0 Å². The highest BCUT2D eigenvalue weighted by Gasteiger charge is 2.24. The molecule has 0 saturated carbocycles. The van der Waals surface area contributed by atoms with Gasteiger partial charge in [-0.25, -0.2) is 14.8 Å². The highest BCUT2D eigenvalue weighted by Crippen LogP contribution is 2.30. The second-order valence-corrected chi connectivity index (χ2v) is 7.15. The Morgan fingerprint density at radius 1 is 1.00 bits per heavy atom. The lowest BCUT2D eigenvalue weighted by Gasteiger charge is -2.35. The van der Waals surface area contributed by atoms with E-state index in [2.05, 4.69) is 25.1 Å². The summed E-state index contributed by atoms with van der Waals surface area (Å²) < 4.78 is 5.43. The number of ether oxygens (including phenoxy) is 1. The van der Waals surface area contributed by atoms with Crippen molar-refractivity contribution < 1.29 is 9.53 Å². The molecule has 2 aliphatic heterocycles. The zero-order valence-corrected chi connectivity index (χ0v) is 16.3. The van der Waals surface area contributed by atoms with Crippen LogP contribution in [0.3, 0.4) is 0 Å². The number of amides is 2. The Morgan fingerprint density at radius 3 is 2.43 bits per heavy atom. The molecule has 2 fully saturated rings. The first-order valence-corrected chi connectivity index (χ1v) is 9.78. The molecule has 2 amide bonds. The number of carbonyl (C=O) groups excluding carboxylic acids is 1. The molecule has 2 aliphatic rings. The number of carbonyl (C=O) groups is 1. The average molecular weight is 403 g/mol. The number of urea groups is 1. The minimum atomic E-state index is -0.120. The molecule has 0 bridgehead atoms. The van der Waals surface area contributed by atoms with E-state index in [9.17, 15) is 4.79 Å². The molecule has 1 aromatic carbocycles. The van der Waals surface area contributed by atoms with Gasteiger partial charge in [0.15, 0.2) is 0 Å². The van der Waals surface area contributed by atoms with Crippen LogP contribution in [0.5, 0.6) is 0 Å². The SMILES string of the molecule is O=C(Nc1cc(Cl)ccc1N1CCOCC1)N1CCN(c2ncccn2)CC1. The molecule has 2 saturated heterocycles. The molecular weight excluding hydrogens is 380 g/mol. The van der Waals surface area contributed by atoms with Crippen molar-refractivity contribution in [3.05, 3.63) is 41.7 Å². The highest BCUT2D eigenvalue weighted by molar-refractivity contribution is 6.31. The number of piperazine rings is 1. The summed E-state index contributed by atoms with van der Waals surface area (Å²) in [7, 11) is 0. The fraction of sp³-hybridized carbons (Fsp3) is 0.421. The molecule has 1 N–H and O–H groups in total. The molecule has 1 aromatic heterocycles. The third-order valence-corrected chi connectivity index (χ3v) is 5.19. The molecular formula is C19H23ClN6O2. The fourth-order valence-electron chi connectivity index (χ4n) is 3.45. The summed E-state index contributed by atoms with van der Waals surface area (Å²) in [4.78, 5) is 27.5. The molecule has 8 nitrogen and oxygen atoms in total. The van der Waals surface area contributed by atoms with E-state index in [-0.39, 0.29) is 6.03 Å². The van der Waals surface area contributed by atoms with E-state index in [1.54, 1.807) is 24.5 Å². The molecule has 28 heavy (non-hydrogen) atoms. The monoisotopic (exact) mass is 402 g/mol. The van der Waals surface area contributed by atoms with Gasteiger partial charge < -0.3 is 24.8 Å². The van der Waals surface area contributed by atoms with Gasteiger partial charge in [-0.2, -0.15) is 0 Å². The van der Waals surface area contributed by atoms with Gasteiger partial charge in [0.2, 0.25) is 5.95 Å². The minimum Gasteiger partial charge on any atom is -0.378 e. The number of benzene rings is 1. The van der Waals surface area contributed by atoms with Crippen molar-refractivity contribution in [3.8, 4) is 0 Å². The maximum absolute atomic E-state index is 12.8. The summed E-state index contributed by atoms with van der Waals surface area (Å²) in [6, 6.07) is 7.28. The molecule has 9 heteroatoms. The molecule has 0 unspecified atom stereocenters. The van der Waals surface area contributed by atoms with Crippen LogP contribution < -0.4 is 15.1 Å². The van der Waals surface area contributed by atoms with Crippen LogP contribution >= 0.6 is 11.6 Å². The highest BCUT2D eigenvalue weighted by atomic mass is 35.5. The van der Waals surface area contributed by atoms with Crippen LogP contribution in [0.15, 0.2) is 36.7 Å². The van der Waals surface area contributed by atoms with Gasteiger partial charge in [-0.3, -0.25) is 0 Å². The number of rotatable bonds is 3. The predicted octanol–water partition coefficient (Wildman–Crippen LogP) is 2.32. The lowest BCUT2D eigenvalue weighted by atomic mass is 10.2. The zero-order chi connectivity index (χ0) is 19.3. The standard InChI is InChI=1S/C19H23ClN6O2/c20-15-2-3-17(24-10-12-28-13-11-24)16(14-15)23-19(27)26-8-6-25(7-9-26)18-21-4-1-5-22-18/h1-5,14H,6-13H2,(H,23,27). The van der Waals surface area contributed by atoms with E-state index in [1.807, 2.05) is 17.0 Å². The second kappa shape index (κ2) is 8.62. The first-order valence-electron chi connectivity index (χ1n) is 9.41. The maximum Gasteiger partial charge on any atom is 0.322 e. The number of morpholine rings is 1. The van der Waals surface area contributed by atoms with E-state index >= 15 is 0 Å². The van der Waals surface area contributed by atoms with Gasteiger partial charge in [0.25, 0.3) is 0 Å². The number of anilines is 3. The van der Waals surface area contributed by atoms with Crippen molar-refractivity contribution in [2.75, 3.05) is 67.6 Å². The lowest BCUT2D eigenvalue weighted by Crippen LogP contribution is -2.50. The van der Waals surface area contributed by atoms with Gasteiger partial charge in [0.1, 0.15) is 0 Å². The first kappa shape index (κ1) is 18.8. The number of nitrogens with zero attached hydrogens (tertiary/aromatic N) is 5. The van der Waals surface area contributed by atoms with Crippen molar-refractivity contribution >= 4 is 35.0 Å². The summed E-state index contributed by atoms with van der Waals surface area (Å²) in [6.07, 6.45) is 3.46. The van der Waals surface area contributed by atoms with Crippen LogP contribution in [0, 0.1) is 0 Å². The Morgan fingerprint density at radius 2 is 1.71 bits per heavy atom. The van der Waals surface area contributed by atoms with Gasteiger partial charge >= 0.3 is 6.03 Å². The van der Waals surface area contributed by atoms with E-state index in [0.29, 0.717) is 50.4 Å². The molecule has 3 heterocycles. The quantitative estimate of drug-likeness (QED) is 0.849. The van der Waals surface area contributed by atoms with Crippen LogP contribution in [0.25, 0.3) is 0 Å². The number of halogens is 1. The third kappa shape index (κ3) is 4.28. The predicted molar refractivity (Wildman–Crippen MR) is 109 cm³/mol. The van der Waals surface area contributed by atoms with Crippen LogP contribution in [-0.4, -0.2) is 73.4 Å². The average Bonchev–Trinajstić information content (AvgIpc) is 2.75. The Hall–Kier alpha value is -2.58. The van der Waals surface area contributed by atoms with Gasteiger partial charge in [-0.15, -0.1) is 0 Å². The van der Waals surface area contributed by atoms with Crippen LogP contribution in [0.2, 0.25) is 5.02 Å². The van der Waals surface area contributed by atoms with E-state index in [1.165, 1.54) is 0 Å². The van der Waals surface area contributed by atoms with Crippen molar-refractivity contribution in [1.29, 1.82) is 0 Å². The van der Waals surface area contributed by atoms with Crippen molar-refractivity contribution in [2.24, 2.45) is 0 Å². The maximum atomic E-state index is 12.8. The molecule has 0 spiro atoms. The Kier molecular flexibility index (Phi) is 5.78. The topological polar surface area (TPSA) is 73.8 Å². The zero-order valence-electron chi connectivity index (χ0n) is 15.6. The smallest absolute Gasteiger partial charge is 0.322 e. The molecule has 4 rings (SSSR count). The minimum absolute atomic E-state index is 0.120. The van der Waals surface area contributed by atoms with Gasteiger partial charge in [0, 0.05) is 56.7 Å². The van der Waals surface area contributed by atoms with Crippen LogP contribution in [0.1, 0.15) is 0 Å². The summed E-state index contributed by atoms with van der Waals surface area (Å²) in [5, 5.41) is 3.64. The Labute approximate surface area is 169 Å². The van der Waals surface area contributed by atoms with Gasteiger partial charge in [-0.05, 0) is 24.3 Å². The fourth-order valence-corrected chi connectivity index (χ4v) is 3.62. The molecule has 2 aromatic rings. The number of hydrogen-bond acceptors (Lipinski definition) is 6. The summed E-state index contributed by atoms with van der Waals surface area (Å²) in [5.41, 5.74) is 1.70. The van der Waals surface area contributed by atoms with E-state index < -0.39 is 0 Å². The van der Waals surface area contributed by atoms with Crippen molar-refractivity contribution in [3.63, 3.8) is 0 Å². The number of nitrogens with one attached hydrogen (secondary N) is 1.